The maximum atomic E-state index is 13.8. The Balaban J connectivity index is 1.88. The third kappa shape index (κ3) is 2.75. The molecule has 2 aromatic carbocycles. The molecule has 0 bridgehead atoms. The zero-order valence-electron chi connectivity index (χ0n) is 18.3. The van der Waals surface area contributed by atoms with E-state index in [1.54, 1.807) is 36.7 Å². The van der Waals surface area contributed by atoms with Gasteiger partial charge >= 0.3 is 5.97 Å². The second-order valence-corrected chi connectivity index (χ2v) is 7.69. The van der Waals surface area contributed by atoms with E-state index in [2.05, 4.69) is 10.4 Å². The molecule has 0 saturated heterocycles. The lowest BCUT2D eigenvalue weighted by molar-refractivity contribution is -0.140. The molecule has 3 N–H and O–H groups in total. The van der Waals surface area contributed by atoms with Crippen LogP contribution in [0.2, 0.25) is 0 Å². The normalized spacial score (nSPS) is 18.5. The number of para-hydroxylation sites is 1. The van der Waals surface area contributed by atoms with Crippen molar-refractivity contribution >= 4 is 17.6 Å². The number of rotatable bonds is 4. The minimum Gasteiger partial charge on any atom is -0.497 e. The lowest BCUT2D eigenvalue weighted by Crippen LogP contribution is -2.46. The quantitative estimate of drug-likeness (QED) is 0.592. The lowest BCUT2D eigenvalue weighted by Gasteiger charge is -2.34. The fraction of sp³-hybridized carbons (Fsp3) is 0.208. The van der Waals surface area contributed by atoms with Crippen LogP contribution >= 0.6 is 0 Å². The van der Waals surface area contributed by atoms with Gasteiger partial charge < -0.3 is 25.3 Å². The van der Waals surface area contributed by atoms with Crippen LogP contribution in [0.25, 0.3) is 5.69 Å². The Morgan fingerprint density at radius 3 is 2.70 bits per heavy atom. The number of anilines is 1. The Bertz CT molecular complexity index is 1330. The molecule has 0 radical (unpaired) electrons. The Labute approximate surface area is 189 Å². The number of esters is 1. The van der Waals surface area contributed by atoms with E-state index in [0.29, 0.717) is 33.9 Å². The molecule has 3 aromatic rings. The predicted octanol–water partition coefficient (Wildman–Crippen LogP) is 2.55. The van der Waals surface area contributed by atoms with Gasteiger partial charge in [0.2, 0.25) is 17.7 Å². The zero-order chi connectivity index (χ0) is 23.3. The summed E-state index contributed by atoms with van der Waals surface area (Å²) in [7, 11) is 1.53. The van der Waals surface area contributed by atoms with E-state index < -0.39 is 17.3 Å². The molecule has 0 saturated carbocycles. The van der Waals surface area contributed by atoms with Crippen molar-refractivity contribution < 1.29 is 23.8 Å². The number of nitrogens with one attached hydrogen (secondary N) is 1. The molecule has 0 fully saturated rings. The van der Waals surface area contributed by atoms with Crippen molar-refractivity contribution in [3.63, 3.8) is 0 Å². The predicted molar refractivity (Wildman–Crippen MR) is 119 cm³/mol. The standard InChI is InChI=1S/C24H22N4O5/c1-4-32-22(29)19-20(25)33-21-18(13(2)27-28(21)14-8-6-5-7-9-14)24(19)16-12-15(31-3)10-11-17(16)26-23(24)30/h5-12H,4,25H2,1-3H3,(H,26,30). The summed E-state index contributed by atoms with van der Waals surface area (Å²) in [5.41, 5.74) is 7.32. The summed E-state index contributed by atoms with van der Waals surface area (Å²) in [6.07, 6.45) is 0. The van der Waals surface area contributed by atoms with Crippen LogP contribution in [0.3, 0.4) is 0 Å². The first-order valence-electron chi connectivity index (χ1n) is 10.4. The molecule has 9 nitrogen and oxygen atoms in total. The van der Waals surface area contributed by atoms with E-state index >= 15 is 0 Å². The Morgan fingerprint density at radius 1 is 1.24 bits per heavy atom. The van der Waals surface area contributed by atoms with Crippen LogP contribution in [-0.2, 0) is 19.7 Å². The van der Waals surface area contributed by atoms with Crippen molar-refractivity contribution in [3.05, 3.63) is 76.8 Å². The van der Waals surface area contributed by atoms with Gasteiger partial charge in [-0.3, -0.25) is 4.79 Å². The summed E-state index contributed by atoms with van der Waals surface area (Å²) in [5, 5.41) is 7.54. The summed E-state index contributed by atoms with van der Waals surface area (Å²) in [4.78, 5) is 27.0. The molecule has 2 aliphatic heterocycles. The second-order valence-electron chi connectivity index (χ2n) is 7.69. The SMILES string of the molecule is CCOC(=O)C1=C(N)Oc2c(c(C)nn2-c2ccccc2)C12C(=O)Nc1ccc(OC)cc12. The number of hydrogen-bond acceptors (Lipinski definition) is 7. The van der Waals surface area contributed by atoms with Crippen LogP contribution in [0, 0.1) is 6.92 Å². The number of fused-ring (bicyclic) bond motifs is 4. The molecule has 33 heavy (non-hydrogen) atoms. The first kappa shape index (κ1) is 20.6. The van der Waals surface area contributed by atoms with E-state index in [-0.39, 0.29) is 23.9 Å². The number of methoxy groups -OCH3 is 1. The number of amides is 1. The number of aromatic nitrogens is 2. The molecule has 2 aliphatic rings. The van der Waals surface area contributed by atoms with E-state index in [0.717, 1.165) is 0 Å². The average molecular weight is 446 g/mol. The highest BCUT2D eigenvalue weighted by atomic mass is 16.5. The number of benzene rings is 2. The summed E-state index contributed by atoms with van der Waals surface area (Å²) in [6, 6.07) is 14.5. The largest absolute Gasteiger partial charge is 0.497 e. The van der Waals surface area contributed by atoms with Crippen molar-refractivity contribution in [3.8, 4) is 17.3 Å². The van der Waals surface area contributed by atoms with E-state index in [1.807, 2.05) is 30.3 Å². The van der Waals surface area contributed by atoms with E-state index in [4.69, 9.17) is 19.9 Å². The van der Waals surface area contributed by atoms with Gasteiger partial charge in [0.1, 0.15) is 16.7 Å². The number of nitrogens with zero attached hydrogens (tertiary/aromatic N) is 2. The van der Waals surface area contributed by atoms with Crippen LogP contribution in [0.4, 0.5) is 5.69 Å². The lowest BCUT2D eigenvalue weighted by atomic mass is 9.68. The van der Waals surface area contributed by atoms with Crippen LogP contribution in [0.15, 0.2) is 60.0 Å². The van der Waals surface area contributed by atoms with E-state index in [1.165, 1.54) is 7.11 Å². The van der Waals surface area contributed by atoms with Gasteiger partial charge in [-0.1, -0.05) is 18.2 Å². The molecule has 1 amide bonds. The van der Waals surface area contributed by atoms with Crippen LogP contribution in [0.1, 0.15) is 23.7 Å². The van der Waals surface area contributed by atoms with Crippen molar-refractivity contribution in [2.24, 2.45) is 5.73 Å². The molecule has 0 aliphatic carbocycles. The fourth-order valence-electron chi connectivity index (χ4n) is 4.60. The molecular formula is C24H22N4O5. The second kappa shape index (κ2) is 7.40. The summed E-state index contributed by atoms with van der Waals surface area (Å²) in [5.74, 6) is -0.623. The Hall–Kier alpha value is -4.27. The topological polar surface area (TPSA) is 118 Å². The molecule has 1 unspecified atom stereocenters. The highest BCUT2D eigenvalue weighted by molar-refractivity contribution is 6.17. The number of aryl methyl sites for hydroxylation is 1. The zero-order valence-corrected chi connectivity index (χ0v) is 18.3. The van der Waals surface area contributed by atoms with Gasteiger partial charge in [-0.05, 0) is 44.2 Å². The summed E-state index contributed by atoms with van der Waals surface area (Å²) < 4.78 is 18.3. The third-order valence-electron chi connectivity index (χ3n) is 5.92. The van der Waals surface area contributed by atoms with Gasteiger partial charge in [-0.15, -0.1) is 0 Å². The summed E-state index contributed by atoms with van der Waals surface area (Å²) >= 11 is 0. The minimum atomic E-state index is -1.62. The van der Waals surface area contributed by atoms with Crippen LogP contribution < -0.4 is 20.5 Å². The summed E-state index contributed by atoms with van der Waals surface area (Å²) in [6.45, 7) is 3.55. The van der Waals surface area contributed by atoms with Crippen molar-refractivity contribution in [1.29, 1.82) is 0 Å². The molecule has 168 valence electrons. The first-order chi connectivity index (χ1) is 15.9. The molecule has 9 heteroatoms. The highest BCUT2D eigenvalue weighted by Crippen LogP contribution is 2.55. The monoisotopic (exact) mass is 446 g/mol. The Kier molecular flexibility index (Phi) is 4.63. The highest BCUT2D eigenvalue weighted by Gasteiger charge is 2.61. The van der Waals surface area contributed by atoms with Gasteiger partial charge in [0, 0.05) is 11.3 Å². The fourth-order valence-corrected chi connectivity index (χ4v) is 4.60. The molecular weight excluding hydrogens is 424 g/mol. The van der Waals surface area contributed by atoms with Crippen LogP contribution in [0.5, 0.6) is 11.6 Å². The maximum absolute atomic E-state index is 13.8. The van der Waals surface area contributed by atoms with E-state index in [9.17, 15) is 9.59 Å². The van der Waals surface area contributed by atoms with Gasteiger partial charge in [-0.25, -0.2) is 9.48 Å². The number of carbonyl (C=O) groups is 2. The number of nitrogens with two attached hydrogens (primary N) is 1. The molecule has 5 rings (SSSR count). The van der Waals surface area contributed by atoms with Gasteiger partial charge in [0.05, 0.1) is 30.7 Å². The number of hydrogen-bond donors (Lipinski definition) is 2. The van der Waals surface area contributed by atoms with Crippen molar-refractivity contribution in [2.45, 2.75) is 19.3 Å². The molecule has 1 spiro atoms. The first-order valence-corrected chi connectivity index (χ1v) is 10.4. The van der Waals surface area contributed by atoms with Gasteiger partial charge in [-0.2, -0.15) is 5.10 Å². The molecule has 3 heterocycles. The molecule has 1 aromatic heterocycles. The van der Waals surface area contributed by atoms with Gasteiger partial charge in [0.25, 0.3) is 0 Å². The number of ether oxygens (including phenoxy) is 3. The molecule has 1 atom stereocenters. The number of carbonyl (C=O) groups excluding carboxylic acids is 2. The maximum Gasteiger partial charge on any atom is 0.341 e. The Morgan fingerprint density at radius 2 is 2.00 bits per heavy atom. The van der Waals surface area contributed by atoms with Crippen molar-refractivity contribution in [2.75, 3.05) is 19.0 Å². The van der Waals surface area contributed by atoms with Crippen molar-refractivity contribution in [1.82, 2.24) is 9.78 Å². The van der Waals surface area contributed by atoms with Gasteiger partial charge in [0.15, 0.2) is 0 Å². The smallest absolute Gasteiger partial charge is 0.341 e. The third-order valence-corrected chi connectivity index (χ3v) is 5.92. The average Bonchev–Trinajstić information content (AvgIpc) is 3.28. The minimum absolute atomic E-state index is 0.0861. The van der Waals surface area contributed by atoms with Crippen LogP contribution in [-0.4, -0.2) is 35.4 Å².